The molecule has 1 atom stereocenters. The van der Waals surface area contributed by atoms with Crippen molar-refractivity contribution in [3.8, 4) is 0 Å². The Bertz CT molecular complexity index is 674. The number of amides is 1. The largest absolute Gasteiger partial charge is 0.369 e. The Kier molecular flexibility index (Phi) is 4.92. The van der Waals surface area contributed by atoms with Gasteiger partial charge in [0, 0.05) is 38.0 Å². The second-order valence-corrected chi connectivity index (χ2v) is 7.20. The minimum Gasteiger partial charge on any atom is -0.369 e. The van der Waals surface area contributed by atoms with Crippen molar-refractivity contribution in [3.63, 3.8) is 0 Å². The minimum absolute atomic E-state index is 0.0425. The van der Waals surface area contributed by atoms with Crippen LogP contribution in [0.25, 0.3) is 10.9 Å². The first-order valence-corrected chi connectivity index (χ1v) is 8.60. The van der Waals surface area contributed by atoms with Crippen molar-refractivity contribution in [2.24, 2.45) is 5.92 Å². The molecule has 0 bridgehead atoms. The lowest BCUT2D eigenvalue weighted by molar-refractivity contribution is -0.139. The van der Waals surface area contributed by atoms with Gasteiger partial charge in [-0.15, -0.1) is 0 Å². The Balaban J connectivity index is 1.49. The molecule has 1 saturated heterocycles. The Labute approximate surface area is 143 Å². The van der Waals surface area contributed by atoms with Gasteiger partial charge in [-0.05, 0) is 50.2 Å². The standard InChI is InChI=1S/C19H27N3O2/c1-19(2,24-3)18(23)20-11-14-8-9-22(12-14)13-16-10-15-6-4-5-7-17(15)21-16/h4-7,10,14,21H,8-9,11-13H2,1-3H3,(H,20,23)/t14-/m1/s1. The molecule has 130 valence electrons. The number of carbonyl (C=O) groups excluding carboxylic acids is 1. The molecule has 1 aromatic carbocycles. The van der Waals surface area contributed by atoms with E-state index in [1.165, 1.54) is 16.6 Å². The molecular formula is C19H27N3O2. The van der Waals surface area contributed by atoms with Crippen LogP contribution in [0.5, 0.6) is 0 Å². The highest BCUT2D eigenvalue weighted by Crippen LogP contribution is 2.21. The number of fused-ring (bicyclic) bond motifs is 1. The van der Waals surface area contributed by atoms with Crippen LogP contribution in [0, 0.1) is 5.92 Å². The number of carbonyl (C=O) groups is 1. The summed E-state index contributed by atoms with van der Waals surface area (Å²) in [4.78, 5) is 18.0. The number of aromatic amines is 1. The second-order valence-electron chi connectivity index (χ2n) is 7.20. The fraction of sp³-hybridized carbons (Fsp3) is 0.526. The molecule has 2 N–H and O–H groups in total. The van der Waals surface area contributed by atoms with Gasteiger partial charge in [0.15, 0.2) is 0 Å². The smallest absolute Gasteiger partial charge is 0.251 e. The third-order valence-corrected chi connectivity index (χ3v) is 4.96. The summed E-state index contributed by atoms with van der Waals surface area (Å²) in [5.41, 5.74) is 1.68. The highest BCUT2D eigenvalue weighted by molar-refractivity contribution is 5.84. The van der Waals surface area contributed by atoms with Crippen LogP contribution in [-0.2, 0) is 16.1 Å². The molecule has 0 radical (unpaired) electrons. The zero-order chi connectivity index (χ0) is 17.2. The molecular weight excluding hydrogens is 302 g/mol. The SMILES string of the molecule is COC(C)(C)C(=O)NC[C@H]1CCN(Cc2cc3ccccc3[nH]2)C1. The van der Waals surface area contributed by atoms with Gasteiger partial charge in [0.25, 0.3) is 5.91 Å². The van der Waals surface area contributed by atoms with Crippen LogP contribution in [0.4, 0.5) is 0 Å². The Morgan fingerprint density at radius 1 is 1.42 bits per heavy atom. The molecule has 0 saturated carbocycles. The van der Waals surface area contributed by atoms with Crippen LogP contribution in [-0.4, -0.2) is 48.1 Å². The summed E-state index contributed by atoms with van der Waals surface area (Å²) in [5.74, 6) is 0.463. The number of rotatable bonds is 6. The molecule has 1 aromatic heterocycles. The lowest BCUT2D eigenvalue weighted by Gasteiger charge is -2.23. The number of H-pyrrole nitrogens is 1. The third-order valence-electron chi connectivity index (χ3n) is 4.96. The predicted octanol–water partition coefficient (Wildman–Crippen LogP) is 2.53. The number of hydrogen-bond donors (Lipinski definition) is 2. The Hall–Kier alpha value is -1.85. The van der Waals surface area contributed by atoms with Crippen molar-refractivity contribution in [2.45, 2.75) is 32.4 Å². The maximum atomic E-state index is 12.1. The van der Waals surface area contributed by atoms with E-state index in [1.807, 2.05) is 0 Å². The van der Waals surface area contributed by atoms with E-state index in [2.05, 4.69) is 45.5 Å². The predicted molar refractivity (Wildman–Crippen MR) is 95.8 cm³/mol. The van der Waals surface area contributed by atoms with E-state index in [4.69, 9.17) is 4.74 Å². The Morgan fingerprint density at radius 2 is 2.21 bits per heavy atom. The maximum absolute atomic E-state index is 12.1. The van der Waals surface area contributed by atoms with Gasteiger partial charge in [0.05, 0.1) is 0 Å². The molecule has 24 heavy (non-hydrogen) atoms. The first-order valence-electron chi connectivity index (χ1n) is 8.60. The van der Waals surface area contributed by atoms with Gasteiger partial charge in [-0.25, -0.2) is 0 Å². The molecule has 2 aromatic rings. The van der Waals surface area contributed by atoms with Gasteiger partial charge < -0.3 is 15.0 Å². The molecule has 0 unspecified atom stereocenters. The zero-order valence-corrected chi connectivity index (χ0v) is 14.8. The quantitative estimate of drug-likeness (QED) is 0.856. The summed E-state index contributed by atoms with van der Waals surface area (Å²) in [6, 6.07) is 10.6. The maximum Gasteiger partial charge on any atom is 0.251 e. The van der Waals surface area contributed by atoms with Crippen LogP contribution in [0.2, 0.25) is 0 Å². The molecule has 2 heterocycles. The number of benzene rings is 1. The van der Waals surface area contributed by atoms with E-state index in [0.717, 1.165) is 32.6 Å². The van der Waals surface area contributed by atoms with Crippen molar-refractivity contribution in [1.29, 1.82) is 0 Å². The summed E-state index contributed by atoms with van der Waals surface area (Å²) in [5, 5.41) is 4.28. The van der Waals surface area contributed by atoms with Crippen LogP contribution < -0.4 is 5.32 Å². The lowest BCUT2D eigenvalue weighted by atomic mass is 10.1. The van der Waals surface area contributed by atoms with E-state index in [9.17, 15) is 4.79 Å². The van der Waals surface area contributed by atoms with Crippen LogP contribution in [0.1, 0.15) is 26.0 Å². The number of likely N-dealkylation sites (tertiary alicyclic amines) is 1. The average Bonchev–Trinajstić information content (AvgIpc) is 3.18. The highest BCUT2D eigenvalue weighted by Gasteiger charge is 2.29. The average molecular weight is 329 g/mol. The lowest BCUT2D eigenvalue weighted by Crippen LogP contribution is -2.45. The third kappa shape index (κ3) is 3.79. The van der Waals surface area contributed by atoms with E-state index in [1.54, 1.807) is 21.0 Å². The van der Waals surface area contributed by atoms with Crippen molar-refractivity contribution in [2.75, 3.05) is 26.7 Å². The van der Waals surface area contributed by atoms with Crippen LogP contribution in [0.15, 0.2) is 30.3 Å². The molecule has 1 fully saturated rings. The first-order chi connectivity index (χ1) is 11.5. The van der Waals surface area contributed by atoms with E-state index in [0.29, 0.717) is 5.92 Å². The van der Waals surface area contributed by atoms with Gasteiger partial charge in [0.1, 0.15) is 5.60 Å². The second kappa shape index (κ2) is 6.95. The van der Waals surface area contributed by atoms with Crippen LogP contribution >= 0.6 is 0 Å². The number of nitrogens with one attached hydrogen (secondary N) is 2. The summed E-state index contributed by atoms with van der Waals surface area (Å²) in [6.45, 7) is 7.32. The normalized spacial score (nSPS) is 19.0. The van der Waals surface area contributed by atoms with Gasteiger partial charge in [-0.3, -0.25) is 9.69 Å². The number of methoxy groups -OCH3 is 1. The van der Waals surface area contributed by atoms with E-state index >= 15 is 0 Å². The fourth-order valence-electron chi connectivity index (χ4n) is 3.23. The van der Waals surface area contributed by atoms with Crippen molar-refractivity contribution in [1.82, 2.24) is 15.2 Å². The minimum atomic E-state index is -0.761. The summed E-state index contributed by atoms with van der Waals surface area (Å²) in [7, 11) is 1.57. The number of ether oxygens (including phenoxy) is 1. The highest BCUT2D eigenvalue weighted by atomic mass is 16.5. The topological polar surface area (TPSA) is 57.4 Å². The summed E-state index contributed by atoms with van der Waals surface area (Å²) in [6.07, 6.45) is 1.12. The van der Waals surface area contributed by atoms with Crippen molar-refractivity contribution in [3.05, 3.63) is 36.0 Å². The summed E-state index contributed by atoms with van der Waals surface area (Å²) >= 11 is 0. The van der Waals surface area contributed by atoms with Crippen molar-refractivity contribution < 1.29 is 9.53 Å². The monoisotopic (exact) mass is 329 g/mol. The molecule has 0 spiro atoms. The number of aromatic nitrogens is 1. The number of para-hydroxylation sites is 1. The zero-order valence-electron chi connectivity index (χ0n) is 14.8. The van der Waals surface area contributed by atoms with Crippen molar-refractivity contribution >= 4 is 16.8 Å². The first kappa shape index (κ1) is 17.0. The van der Waals surface area contributed by atoms with E-state index < -0.39 is 5.60 Å². The molecule has 1 aliphatic rings. The molecule has 5 heteroatoms. The van der Waals surface area contributed by atoms with Gasteiger partial charge in [0.2, 0.25) is 0 Å². The molecule has 3 rings (SSSR count). The fourth-order valence-corrected chi connectivity index (χ4v) is 3.23. The Morgan fingerprint density at radius 3 is 2.96 bits per heavy atom. The molecule has 5 nitrogen and oxygen atoms in total. The van der Waals surface area contributed by atoms with Gasteiger partial charge >= 0.3 is 0 Å². The molecule has 1 amide bonds. The van der Waals surface area contributed by atoms with E-state index in [-0.39, 0.29) is 5.91 Å². The van der Waals surface area contributed by atoms with Gasteiger partial charge in [-0.1, -0.05) is 18.2 Å². The number of nitrogens with zero attached hydrogens (tertiary/aromatic N) is 1. The molecule has 0 aliphatic carbocycles. The van der Waals surface area contributed by atoms with Crippen LogP contribution in [0.3, 0.4) is 0 Å². The number of hydrogen-bond acceptors (Lipinski definition) is 3. The van der Waals surface area contributed by atoms with Gasteiger partial charge in [-0.2, -0.15) is 0 Å². The molecule has 1 aliphatic heterocycles. The summed E-state index contributed by atoms with van der Waals surface area (Å²) < 4.78 is 5.22.